The molecule has 0 bridgehead atoms. The summed E-state index contributed by atoms with van der Waals surface area (Å²) in [6.07, 6.45) is -5.14. The van der Waals surface area contributed by atoms with Gasteiger partial charge in [0.1, 0.15) is 0 Å². The number of hydrogen-bond donors (Lipinski definition) is 1. The van der Waals surface area contributed by atoms with Gasteiger partial charge in [0.2, 0.25) is 0 Å². The van der Waals surface area contributed by atoms with Crippen LogP contribution in [0.3, 0.4) is 0 Å². The van der Waals surface area contributed by atoms with Gasteiger partial charge in [-0.15, -0.1) is 0 Å². The Kier molecular flexibility index (Phi) is 5.30. The highest BCUT2D eigenvalue weighted by atomic mass is 19.4. The number of rotatable bonds is 4. The quantitative estimate of drug-likeness (QED) is 0.913. The Labute approximate surface area is 145 Å². The molecule has 1 aliphatic rings. The molecule has 2 aromatic carbocycles. The Morgan fingerprint density at radius 2 is 1.48 bits per heavy atom. The molecule has 1 aliphatic heterocycles. The second-order valence-corrected chi connectivity index (χ2v) is 6.26. The fourth-order valence-corrected chi connectivity index (χ4v) is 3.07. The van der Waals surface area contributed by atoms with E-state index in [1.165, 1.54) is 17.8 Å². The van der Waals surface area contributed by atoms with Crippen LogP contribution in [0.1, 0.15) is 17.2 Å². The SMILES string of the molecule is OC(CN1CCN(c2ccccc2)CC1)c1ccc(C(F)(F)F)cc1. The van der Waals surface area contributed by atoms with Crippen LogP contribution < -0.4 is 4.90 Å². The molecule has 3 rings (SSSR count). The fraction of sp³-hybridized carbons (Fsp3) is 0.368. The molecule has 1 unspecified atom stereocenters. The lowest BCUT2D eigenvalue weighted by molar-refractivity contribution is -0.137. The number of aliphatic hydroxyl groups excluding tert-OH is 1. The maximum absolute atomic E-state index is 12.6. The summed E-state index contributed by atoms with van der Waals surface area (Å²) in [6.45, 7) is 3.78. The van der Waals surface area contributed by atoms with Crippen molar-refractivity contribution in [2.24, 2.45) is 0 Å². The zero-order valence-corrected chi connectivity index (χ0v) is 13.8. The molecule has 1 saturated heterocycles. The maximum Gasteiger partial charge on any atom is 0.416 e. The number of nitrogens with zero attached hydrogens (tertiary/aromatic N) is 2. The molecule has 0 aliphatic carbocycles. The normalized spacial score (nSPS) is 17.5. The molecule has 1 heterocycles. The molecule has 0 amide bonds. The Bertz CT molecular complexity index is 665. The van der Waals surface area contributed by atoms with Crippen LogP contribution in [0.25, 0.3) is 0 Å². The zero-order chi connectivity index (χ0) is 17.9. The van der Waals surface area contributed by atoms with Crippen molar-refractivity contribution in [1.82, 2.24) is 4.90 Å². The first kappa shape index (κ1) is 17.8. The molecule has 0 aromatic heterocycles. The Morgan fingerprint density at radius 3 is 2.04 bits per heavy atom. The van der Waals surface area contributed by atoms with Crippen molar-refractivity contribution in [3.05, 3.63) is 65.7 Å². The van der Waals surface area contributed by atoms with Gasteiger partial charge in [0.25, 0.3) is 0 Å². The van der Waals surface area contributed by atoms with E-state index in [4.69, 9.17) is 0 Å². The van der Waals surface area contributed by atoms with E-state index in [1.807, 2.05) is 18.2 Å². The number of hydrogen-bond acceptors (Lipinski definition) is 3. The summed E-state index contributed by atoms with van der Waals surface area (Å²) in [6, 6.07) is 14.9. The predicted molar refractivity (Wildman–Crippen MR) is 91.5 cm³/mol. The summed E-state index contributed by atoms with van der Waals surface area (Å²) in [5.74, 6) is 0. The van der Waals surface area contributed by atoms with Gasteiger partial charge >= 0.3 is 6.18 Å². The third-order valence-corrected chi connectivity index (χ3v) is 4.55. The lowest BCUT2D eigenvalue weighted by atomic mass is 10.1. The molecule has 3 nitrogen and oxygen atoms in total. The monoisotopic (exact) mass is 350 g/mol. The van der Waals surface area contributed by atoms with Crippen LogP contribution in [0.2, 0.25) is 0 Å². The smallest absolute Gasteiger partial charge is 0.387 e. The van der Waals surface area contributed by atoms with E-state index >= 15 is 0 Å². The van der Waals surface area contributed by atoms with Crippen molar-refractivity contribution < 1.29 is 18.3 Å². The highest BCUT2D eigenvalue weighted by Crippen LogP contribution is 2.30. The predicted octanol–water partition coefficient (Wildman–Crippen LogP) is 3.56. The zero-order valence-electron chi connectivity index (χ0n) is 13.8. The van der Waals surface area contributed by atoms with Crippen LogP contribution in [0.5, 0.6) is 0 Å². The summed E-state index contributed by atoms with van der Waals surface area (Å²) in [5, 5.41) is 10.3. The van der Waals surface area contributed by atoms with Crippen LogP contribution in [0, 0.1) is 0 Å². The van der Waals surface area contributed by atoms with E-state index in [-0.39, 0.29) is 0 Å². The molecular weight excluding hydrogens is 329 g/mol. The summed E-state index contributed by atoms with van der Waals surface area (Å²) >= 11 is 0. The number of aliphatic hydroxyl groups is 1. The minimum absolute atomic E-state index is 0.425. The second-order valence-electron chi connectivity index (χ2n) is 6.26. The number of piperazine rings is 1. The minimum Gasteiger partial charge on any atom is -0.387 e. The number of para-hydroxylation sites is 1. The molecule has 0 radical (unpaired) electrons. The molecule has 134 valence electrons. The number of alkyl halides is 3. The first-order valence-electron chi connectivity index (χ1n) is 8.31. The molecule has 1 N–H and O–H groups in total. The number of β-amino-alcohol motifs (C(OH)–C–C–N with tert-alkyl or cyclic N) is 1. The first-order valence-corrected chi connectivity index (χ1v) is 8.31. The average molecular weight is 350 g/mol. The molecule has 0 spiro atoms. The van der Waals surface area contributed by atoms with Gasteiger partial charge in [0.05, 0.1) is 11.7 Å². The molecule has 0 saturated carbocycles. The largest absolute Gasteiger partial charge is 0.416 e. The maximum atomic E-state index is 12.6. The van der Waals surface area contributed by atoms with Gasteiger partial charge in [-0.2, -0.15) is 13.2 Å². The molecule has 6 heteroatoms. The molecule has 1 atom stereocenters. The van der Waals surface area contributed by atoms with Gasteiger partial charge in [-0.25, -0.2) is 0 Å². The standard InChI is InChI=1S/C19H21F3N2O/c20-19(21,22)16-8-6-15(7-9-16)18(25)14-23-10-12-24(13-11-23)17-4-2-1-3-5-17/h1-9,18,25H,10-14H2. The molecule has 2 aromatic rings. The van der Waals surface area contributed by atoms with Crippen molar-refractivity contribution in [3.63, 3.8) is 0 Å². The van der Waals surface area contributed by atoms with E-state index in [2.05, 4.69) is 21.9 Å². The van der Waals surface area contributed by atoms with Gasteiger partial charge in [-0.05, 0) is 29.8 Å². The van der Waals surface area contributed by atoms with E-state index in [9.17, 15) is 18.3 Å². The van der Waals surface area contributed by atoms with Gasteiger partial charge in [-0.3, -0.25) is 4.90 Å². The Morgan fingerprint density at radius 1 is 0.880 bits per heavy atom. The summed E-state index contributed by atoms with van der Waals surface area (Å²) in [4.78, 5) is 4.43. The first-order chi connectivity index (χ1) is 11.9. The third kappa shape index (κ3) is 4.52. The number of halogens is 3. The van der Waals surface area contributed by atoms with Crippen LogP contribution >= 0.6 is 0 Å². The van der Waals surface area contributed by atoms with E-state index in [0.29, 0.717) is 12.1 Å². The van der Waals surface area contributed by atoms with Gasteiger partial charge in [0, 0.05) is 38.4 Å². The van der Waals surface area contributed by atoms with Crippen molar-refractivity contribution in [3.8, 4) is 0 Å². The highest BCUT2D eigenvalue weighted by Gasteiger charge is 2.30. The number of benzene rings is 2. The van der Waals surface area contributed by atoms with Crippen LogP contribution in [-0.4, -0.2) is 42.7 Å². The van der Waals surface area contributed by atoms with Crippen molar-refractivity contribution in [1.29, 1.82) is 0 Å². The van der Waals surface area contributed by atoms with Crippen molar-refractivity contribution in [2.45, 2.75) is 12.3 Å². The average Bonchev–Trinajstić information content (AvgIpc) is 2.62. The fourth-order valence-electron chi connectivity index (χ4n) is 3.07. The van der Waals surface area contributed by atoms with Crippen LogP contribution in [0.15, 0.2) is 54.6 Å². The molecular formula is C19H21F3N2O. The number of anilines is 1. The Balaban J connectivity index is 1.53. The highest BCUT2D eigenvalue weighted by molar-refractivity contribution is 5.46. The van der Waals surface area contributed by atoms with Crippen molar-refractivity contribution >= 4 is 5.69 Å². The minimum atomic E-state index is -4.35. The molecule has 25 heavy (non-hydrogen) atoms. The molecule has 1 fully saturated rings. The lowest BCUT2D eigenvalue weighted by Crippen LogP contribution is -2.47. The van der Waals surface area contributed by atoms with Gasteiger partial charge in [0.15, 0.2) is 0 Å². The summed E-state index contributed by atoms with van der Waals surface area (Å²) in [5.41, 5.74) is 1.00. The summed E-state index contributed by atoms with van der Waals surface area (Å²) in [7, 11) is 0. The third-order valence-electron chi connectivity index (χ3n) is 4.55. The topological polar surface area (TPSA) is 26.7 Å². The van der Waals surface area contributed by atoms with E-state index in [1.54, 1.807) is 0 Å². The summed E-state index contributed by atoms with van der Waals surface area (Å²) < 4.78 is 37.8. The van der Waals surface area contributed by atoms with Crippen LogP contribution in [0.4, 0.5) is 18.9 Å². The van der Waals surface area contributed by atoms with Crippen molar-refractivity contribution in [2.75, 3.05) is 37.6 Å². The van der Waals surface area contributed by atoms with E-state index in [0.717, 1.165) is 38.3 Å². The second kappa shape index (κ2) is 7.45. The van der Waals surface area contributed by atoms with Gasteiger partial charge < -0.3 is 10.0 Å². The van der Waals surface area contributed by atoms with Gasteiger partial charge in [-0.1, -0.05) is 30.3 Å². The lowest BCUT2D eigenvalue weighted by Gasteiger charge is -2.37. The Hall–Kier alpha value is -2.05. The van der Waals surface area contributed by atoms with E-state index < -0.39 is 17.8 Å². The van der Waals surface area contributed by atoms with Crippen LogP contribution in [-0.2, 0) is 6.18 Å².